The van der Waals surface area contributed by atoms with Crippen molar-refractivity contribution >= 4 is 11.5 Å². The van der Waals surface area contributed by atoms with Gasteiger partial charge in [0.05, 0.1) is 6.54 Å². The van der Waals surface area contributed by atoms with E-state index in [0.29, 0.717) is 12.1 Å². The van der Waals surface area contributed by atoms with Crippen molar-refractivity contribution in [2.45, 2.75) is 33.4 Å². The smallest absolute Gasteiger partial charge is 0.182 e. The second-order valence-electron chi connectivity index (χ2n) is 8.37. The standard InChI is InChI=1S/C26H24FN5/c1-16(2)32-15-28-30-26(32)23-9-6-10-24(29-23)31-14-20-12-11-19(13-21(20)18(31)4)25-17(3)7-5-8-22(25)27/h5-13,15-16H,4,14H2,1-3H3. The highest BCUT2D eigenvalue weighted by atomic mass is 19.1. The number of fused-ring (bicyclic) bond motifs is 1. The van der Waals surface area contributed by atoms with Crippen molar-refractivity contribution in [3.63, 3.8) is 0 Å². The summed E-state index contributed by atoms with van der Waals surface area (Å²) in [7, 11) is 0. The summed E-state index contributed by atoms with van der Waals surface area (Å²) in [5, 5.41) is 8.33. The molecule has 5 nitrogen and oxygen atoms in total. The summed E-state index contributed by atoms with van der Waals surface area (Å²) >= 11 is 0. The van der Waals surface area contributed by atoms with Crippen LogP contribution in [-0.2, 0) is 6.54 Å². The van der Waals surface area contributed by atoms with Gasteiger partial charge in [0.1, 0.15) is 23.7 Å². The lowest BCUT2D eigenvalue weighted by molar-refractivity contribution is 0.603. The van der Waals surface area contributed by atoms with Crippen LogP contribution in [0.15, 0.2) is 67.5 Å². The van der Waals surface area contributed by atoms with Crippen LogP contribution < -0.4 is 4.90 Å². The van der Waals surface area contributed by atoms with Gasteiger partial charge in [-0.3, -0.25) is 0 Å². The first kappa shape index (κ1) is 20.1. The molecule has 2 aromatic carbocycles. The number of rotatable bonds is 4. The molecule has 0 amide bonds. The Hall–Kier alpha value is -3.80. The number of hydrogen-bond donors (Lipinski definition) is 0. The van der Waals surface area contributed by atoms with Crippen LogP contribution >= 0.6 is 0 Å². The van der Waals surface area contributed by atoms with E-state index in [-0.39, 0.29) is 11.9 Å². The first-order chi connectivity index (χ1) is 15.4. The average Bonchev–Trinajstić information content (AvgIpc) is 3.39. The van der Waals surface area contributed by atoms with E-state index < -0.39 is 0 Å². The highest BCUT2D eigenvalue weighted by molar-refractivity contribution is 5.85. The molecule has 0 atom stereocenters. The van der Waals surface area contributed by atoms with Gasteiger partial charge in [-0.25, -0.2) is 9.37 Å². The fourth-order valence-electron chi connectivity index (χ4n) is 4.27. The molecule has 5 rings (SSSR count). The van der Waals surface area contributed by atoms with Gasteiger partial charge in [0.25, 0.3) is 0 Å². The Balaban J connectivity index is 1.50. The number of anilines is 1. The molecule has 0 aliphatic carbocycles. The molecule has 0 spiro atoms. The fraction of sp³-hybridized carbons (Fsp3) is 0.192. The minimum Gasteiger partial charge on any atom is -0.322 e. The second kappa shape index (κ2) is 7.71. The van der Waals surface area contributed by atoms with E-state index in [1.807, 2.05) is 47.9 Å². The van der Waals surface area contributed by atoms with Crippen LogP contribution in [0.2, 0.25) is 0 Å². The molecular formula is C26H24FN5. The van der Waals surface area contributed by atoms with Crippen molar-refractivity contribution < 1.29 is 4.39 Å². The summed E-state index contributed by atoms with van der Waals surface area (Å²) in [6, 6.07) is 17.4. The van der Waals surface area contributed by atoms with Crippen LogP contribution in [0.25, 0.3) is 28.3 Å². The van der Waals surface area contributed by atoms with Gasteiger partial charge < -0.3 is 9.47 Å². The quantitative estimate of drug-likeness (QED) is 0.401. The van der Waals surface area contributed by atoms with Gasteiger partial charge in [-0.1, -0.05) is 36.9 Å². The number of aryl methyl sites for hydroxylation is 1. The van der Waals surface area contributed by atoms with Gasteiger partial charge >= 0.3 is 0 Å². The molecule has 1 aliphatic heterocycles. The lowest BCUT2D eigenvalue weighted by Crippen LogP contribution is -2.15. The Labute approximate surface area is 186 Å². The summed E-state index contributed by atoms with van der Waals surface area (Å²) in [6.07, 6.45) is 1.73. The predicted octanol–water partition coefficient (Wildman–Crippen LogP) is 6.03. The monoisotopic (exact) mass is 425 g/mol. The fourth-order valence-corrected chi connectivity index (χ4v) is 4.27. The summed E-state index contributed by atoms with van der Waals surface area (Å²) in [6.45, 7) is 11.1. The topological polar surface area (TPSA) is 46.8 Å². The zero-order chi connectivity index (χ0) is 22.4. The number of nitrogens with zero attached hydrogens (tertiary/aromatic N) is 5. The molecule has 6 heteroatoms. The SMILES string of the molecule is C=C1c2cc(-c3c(C)cccc3F)ccc2CN1c1cccc(-c2nncn2C(C)C)n1. The average molecular weight is 426 g/mol. The van der Waals surface area contributed by atoms with Gasteiger partial charge in [-0.2, -0.15) is 0 Å². The maximum Gasteiger partial charge on any atom is 0.182 e. The van der Waals surface area contributed by atoms with E-state index >= 15 is 0 Å². The number of aromatic nitrogens is 4. The molecular weight excluding hydrogens is 401 g/mol. The Morgan fingerprint density at radius 1 is 1.06 bits per heavy atom. The summed E-state index contributed by atoms with van der Waals surface area (Å²) in [5.41, 5.74) is 6.18. The van der Waals surface area contributed by atoms with Crippen LogP contribution in [0.1, 0.15) is 36.6 Å². The predicted molar refractivity (Wildman–Crippen MR) is 125 cm³/mol. The first-order valence-corrected chi connectivity index (χ1v) is 10.7. The Bertz CT molecular complexity index is 1320. The number of benzene rings is 2. The Morgan fingerprint density at radius 2 is 1.88 bits per heavy atom. The van der Waals surface area contributed by atoms with E-state index in [2.05, 4.69) is 41.6 Å². The molecule has 0 radical (unpaired) electrons. The molecule has 0 saturated carbocycles. The third kappa shape index (κ3) is 3.28. The number of pyridine rings is 1. The lowest BCUT2D eigenvalue weighted by Gasteiger charge is -2.19. The van der Waals surface area contributed by atoms with Gasteiger partial charge in [-0.15, -0.1) is 10.2 Å². The molecule has 3 heterocycles. The summed E-state index contributed by atoms with van der Waals surface area (Å²) in [4.78, 5) is 6.95. The summed E-state index contributed by atoms with van der Waals surface area (Å²) in [5.74, 6) is 1.32. The number of halogens is 1. The third-order valence-electron chi connectivity index (χ3n) is 5.96. The van der Waals surface area contributed by atoms with Crippen LogP contribution in [0, 0.1) is 12.7 Å². The van der Waals surface area contributed by atoms with Crippen molar-refractivity contribution in [1.82, 2.24) is 19.7 Å². The van der Waals surface area contributed by atoms with Crippen molar-refractivity contribution in [2.75, 3.05) is 4.90 Å². The molecule has 32 heavy (non-hydrogen) atoms. The zero-order valence-corrected chi connectivity index (χ0v) is 18.4. The molecule has 0 bridgehead atoms. The van der Waals surface area contributed by atoms with Crippen LogP contribution in [0.4, 0.5) is 10.2 Å². The third-order valence-corrected chi connectivity index (χ3v) is 5.96. The van der Waals surface area contributed by atoms with Crippen molar-refractivity contribution in [2.24, 2.45) is 0 Å². The van der Waals surface area contributed by atoms with Crippen molar-refractivity contribution in [3.8, 4) is 22.6 Å². The van der Waals surface area contributed by atoms with Crippen LogP contribution in [0.5, 0.6) is 0 Å². The van der Waals surface area contributed by atoms with Crippen LogP contribution in [0.3, 0.4) is 0 Å². The van der Waals surface area contributed by atoms with Crippen molar-refractivity contribution in [1.29, 1.82) is 0 Å². The van der Waals surface area contributed by atoms with E-state index in [1.165, 1.54) is 6.07 Å². The van der Waals surface area contributed by atoms with Crippen LogP contribution in [-0.4, -0.2) is 19.7 Å². The Morgan fingerprint density at radius 3 is 2.66 bits per heavy atom. The summed E-state index contributed by atoms with van der Waals surface area (Å²) < 4.78 is 16.5. The maximum absolute atomic E-state index is 14.5. The normalized spacial score (nSPS) is 13.2. The van der Waals surface area contributed by atoms with E-state index in [1.54, 1.807) is 12.4 Å². The van der Waals surface area contributed by atoms with E-state index in [9.17, 15) is 4.39 Å². The first-order valence-electron chi connectivity index (χ1n) is 10.7. The molecule has 2 aromatic heterocycles. The molecule has 0 unspecified atom stereocenters. The molecule has 1 aliphatic rings. The largest absolute Gasteiger partial charge is 0.322 e. The van der Waals surface area contributed by atoms with E-state index in [4.69, 9.17) is 4.98 Å². The maximum atomic E-state index is 14.5. The van der Waals surface area contributed by atoms with Gasteiger partial charge in [0, 0.05) is 22.9 Å². The molecule has 4 aromatic rings. The lowest BCUT2D eigenvalue weighted by atomic mass is 9.96. The van der Waals surface area contributed by atoms with Gasteiger partial charge in [0.2, 0.25) is 0 Å². The Kier molecular flexibility index (Phi) is 4.85. The minimum absolute atomic E-state index is 0.214. The second-order valence-corrected chi connectivity index (χ2v) is 8.37. The molecule has 160 valence electrons. The molecule has 0 fully saturated rings. The van der Waals surface area contributed by atoms with Crippen molar-refractivity contribution in [3.05, 3.63) is 90.0 Å². The zero-order valence-electron chi connectivity index (χ0n) is 18.4. The minimum atomic E-state index is -0.214. The molecule has 0 saturated heterocycles. The molecule has 0 N–H and O–H groups in total. The highest BCUT2D eigenvalue weighted by Crippen LogP contribution is 2.38. The number of hydrogen-bond acceptors (Lipinski definition) is 4. The highest BCUT2D eigenvalue weighted by Gasteiger charge is 2.26. The van der Waals surface area contributed by atoms with Gasteiger partial charge in [0.15, 0.2) is 5.82 Å². The van der Waals surface area contributed by atoms with Gasteiger partial charge in [-0.05, 0) is 61.7 Å². The van der Waals surface area contributed by atoms with E-state index in [0.717, 1.165) is 45.3 Å².